The third kappa shape index (κ3) is 3.06. The van der Waals surface area contributed by atoms with E-state index in [1.807, 2.05) is 0 Å². The van der Waals surface area contributed by atoms with Gasteiger partial charge in [-0.25, -0.2) is 4.39 Å². The molecule has 1 fully saturated rings. The van der Waals surface area contributed by atoms with Crippen LogP contribution in [0.4, 0.5) is 15.8 Å². The van der Waals surface area contributed by atoms with Crippen molar-refractivity contribution in [2.45, 2.75) is 11.5 Å². The predicted molar refractivity (Wildman–Crippen MR) is 119 cm³/mol. The monoisotopic (exact) mass is 445 g/mol. The van der Waals surface area contributed by atoms with E-state index < -0.39 is 34.0 Å². The number of nitrogens with one attached hydrogen (secondary N) is 1. The van der Waals surface area contributed by atoms with E-state index in [2.05, 4.69) is 5.32 Å². The lowest BCUT2D eigenvalue weighted by molar-refractivity contribution is -0.384. The van der Waals surface area contributed by atoms with Gasteiger partial charge in [0.2, 0.25) is 5.91 Å². The highest BCUT2D eigenvalue weighted by molar-refractivity contribution is 6.12. The third-order valence-corrected chi connectivity index (χ3v) is 6.76. The van der Waals surface area contributed by atoms with E-state index in [0.717, 1.165) is 0 Å². The number of rotatable bonds is 4. The first-order valence-electron chi connectivity index (χ1n) is 10.5. The van der Waals surface area contributed by atoms with Crippen molar-refractivity contribution in [3.63, 3.8) is 0 Å². The predicted octanol–water partition coefficient (Wildman–Crippen LogP) is 4.11. The lowest BCUT2D eigenvalue weighted by Crippen LogP contribution is -2.51. The number of amides is 1. The normalized spacial score (nSPS) is 24.0. The van der Waals surface area contributed by atoms with Crippen molar-refractivity contribution < 1.29 is 18.9 Å². The smallest absolute Gasteiger partial charge is 0.269 e. The minimum atomic E-state index is -1.44. The summed E-state index contributed by atoms with van der Waals surface area (Å²) in [6.07, 6.45) is 0. The van der Waals surface area contributed by atoms with E-state index >= 15 is 0 Å². The van der Waals surface area contributed by atoms with Gasteiger partial charge in [-0.2, -0.15) is 0 Å². The number of hydrogen-bond acceptors (Lipinski definition) is 5. The molecule has 1 saturated heterocycles. The number of carbonyl (C=O) groups excluding carboxylic acids is 2. The quantitative estimate of drug-likeness (QED) is 0.371. The van der Waals surface area contributed by atoms with Crippen LogP contribution in [-0.2, 0) is 10.3 Å². The zero-order chi connectivity index (χ0) is 23.3. The van der Waals surface area contributed by atoms with E-state index in [9.17, 15) is 24.1 Å². The zero-order valence-corrected chi connectivity index (χ0v) is 17.7. The first kappa shape index (κ1) is 21.0. The Bertz CT molecular complexity index is 1300. The van der Waals surface area contributed by atoms with E-state index in [4.69, 9.17) is 0 Å². The molecule has 3 aromatic rings. The van der Waals surface area contributed by atoms with Crippen LogP contribution in [0.25, 0.3) is 0 Å². The van der Waals surface area contributed by atoms with Gasteiger partial charge < -0.3 is 5.32 Å². The highest BCUT2D eigenvalue weighted by Crippen LogP contribution is 2.55. The molecule has 2 heterocycles. The molecule has 0 saturated carbocycles. The number of nitro groups is 1. The molecule has 3 aromatic carbocycles. The molecular formula is C25H20FN3O4. The lowest BCUT2D eigenvalue weighted by atomic mass is 9.70. The average Bonchev–Trinajstić information content (AvgIpc) is 3.29. The molecule has 5 rings (SSSR count). The summed E-state index contributed by atoms with van der Waals surface area (Å²) in [6.45, 7) is 0.285. The highest BCUT2D eigenvalue weighted by Gasteiger charge is 2.64. The number of Topliss-reactive ketones (excluding diaryl/α,β-unsaturated/α-hetero) is 1. The fourth-order valence-electron chi connectivity index (χ4n) is 5.36. The van der Waals surface area contributed by atoms with Crippen molar-refractivity contribution >= 4 is 23.1 Å². The number of likely N-dealkylation sites (tertiary alicyclic amines) is 1. The second-order valence-electron chi connectivity index (χ2n) is 8.46. The molecule has 2 aliphatic heterocycles. The van der Waals surface area contributed by atoms with Crippen LogP contribution in [0.5, 0.6) is 0 Å². The number of nitro benzene ring substituents is 1. The second-order valence-corrected chi connectivity index (χ2v) is 8.46. The fourth-order valence-corrected chi connectivity index (χ4v) is 5.36. The second kappa shape index (κ2) is 7.60. The lowest BCUT2D eigenvalue weighted by Gasteiger charge is -2.35. The number of likely N-dealkylation sites (N-methyl/N-ethyl adjacent to an activating group) is 1. The van der Waals surface area contributed by atoms with Gasteiger partial charge in [-0.15, -0.1) is 0 Å². The van der Waals surface area contributed by atoms with E-state index in [1.165, 1.54) is 30.3 Å². The van der Waals surface area contributed by atoms with Gasteiger partial charge in [0.15, 0.2) is 5.78 Å². The largest absolute Gasteiger partial charge is 0.324 e. The van der Waals surface area contributed by atoms with Gasteiger partial charge in [0, 0.05) is 41.4 Å². The minimum Gasteiger partial charge on any atom is -0.324 e. The van der Waals surface area contributed by atoms with Gasteiger partial charge in [-0.3, -0.25) is 24.6 Å². The maximum absolute atomic E-state index is 14.3. The standard InChI is InChI=1S/C25H20FN3O4/c1-28-14-19(16-8-5-9-18(12-16)29(32)33)22(23(30)15-6-3-2-4-7-15)25(28)20-13-17(26)10-11-21(20)27-24(25)31/h2-13,19,22H,14H2,1H3,(H,27,31)/t19-,22+,25+/m0/s1. The number of nitrogens with zero attached hydrogens (tertiary/aromatic N) is 2. The number of ketones is 1. The summed E-state index contributed by atoms with van der Waals surface area (Å²) in [5, 5.41) is 14.2. The number of carbonyl (C=O) groups is 2. The SMILES string of the molecule is CN1C[C@@H](c2cccc([N+](=O)[O-])c2)[C@H](C(=O)c2ccccc2)[C@]12C(=O)Nc1ccc(F)cc12. The Morgan fingerprint density at radius 1 is 1.12 bits per heavy atom. The van der Waals surface area contributed by atoms with Crippen molar-refractivity contribution in [1.29, 1.82) is 0 Å². The van der Waals surface area contributed by atoms with Crippen molar-refractivity contribution in [3.8, 4) is 0 Å². The third-order valence-electron chi connectivity index (χ3n) is 6.76. The summed E-state index contributed by atoms with van der Waals surface area (Å²) in [5.74, 6) is -2.64. The molecule has 166 valence electrons. The van der Waals surface area contributed by atoms with Crippen molar-refractivity contribution in [3.05, 3.63) is 105 Å². The maximum atomic E-state index is 14.3. The van der Waals surface area contributed by atoms with Crippen molar-refractivity contribution in [2.24, 2.45) is 5.92 Å². The maximum Gasteiger partial charge on any atom is 0.269 e. The van der Waals surface area contributed by atoms with Crippen LogP contribution in [0.15, 0.2) is 72.8 Å². The number of hydrogen-bond donors (Lipinski definition) is 1. The van der Waals surface area contributed by atoms with Gasteiger partial charge in [0.05, 0.1) is 10.8 Å². The van der Waals surface area contributed by atoms with Gasteiger partial charge >= 0.3 is 0 Å². The Kier molecular flexibility index (Phi) is 4.83. The molecule has 1 amide bonds. The molecule has 1 spiro atoms. The average molecular weight is 445 g/mol. The number of non-ortho nitro benzene ring substituents is 1. The fraction of sp³-hybridized carbons (Fsp3) is 0.200. The summed E-state index contributed by atoms with van der Waals surface area (Å²) >= 11 is 0. The molecule has 1 N–H and O–H groups in total. The van der Waals surface area contributed by atoms with Crippen LogP contribution in [0.2, 0.25) is 0 Å². The highest BCUT2D eigenvalue weighted by atomic mass is 19.1. The summed E-state index contributed by atoms with van der Waals surface area (Å²) in [4.78, 5) is 40.2. The Balaban J connectivity index is 1.74. The first-order chi connectivity index (χ1) is 15.8. The number of fused-ring (bicyclic) bond motifs is 2. The molecule has 33 heavy (non-hydrogen) atoms. The van der Waals surface area contributed by atoms with Crippen LogP contribution in [0.1, 0.15) is 27.4 Å². The van der Waals surface area contributed by atoms with Gasteiger partial charge in [0.1, 0.15) is 11.4 Å². The topological polar surface area (TPSA) is 92.5 Å². The Morgan fingerprint density at radius 2 is 1.88 bits per heavy atom. The zero-order valence-electron chi connectivity index (χ0n) is 17.7. The molecule has 0 bridgehead atoms. The number of halogens is 1. The van der Waals surface area contributed by atoms with Gasteiger partial charge in [-0.05, 0) is 30.8 Å². The Labute approximate surface area is 189 Å². The number of benzene rings is 3. The molecule has 2 aliphatic rings. The molecule has 7 nitrogen and oxygen atoms in total. The van der Waals surface area contributed by atoms with Crippen molar-refractivity contribution in [1.82, 2.24) is 4.90 Å². The summed E-state index contributed by atoms with van der Waals surface area (Å²) < 4.78 is 14.3. The summed E-state index contributed by atoms with van der Waals surface area (Å²) in [6, 6.07) is 18.8. The molecule has 0 radical (unpaired) electrons. The summed E-state index contributed by atoms with van der Waals surface area (Å²) in [7, 11) is 1.72. The van der Waals surface area contributed by atoms with E-state index in [0.29, 0.717) is 22.4 Å². The van der Waals surface area contributed by atoms with Crippen LogP contribution < -0.4 is 5.32 Å². The van der Waals surface area contributed by atoms with E-state index in [-0.39, 0.29) is 18.0 Å². The van der Waals surface area contributed by atoms with Crippen LogP contribution in [0.3, 0.4) is 0 Å². The molecule has 0 unspecified atom stereocenters. The van der Waals surface area contributed by atoms with Gasteiger partial charge in [0.25, 0.3) is 5.69 Å². The summed E-state index contributed by atoms with van der Waals surface area (Å²) in [5.41, 5.74) is 0.324. The van der Waals surface area contributed by atoms with Crippen LogP contribution >= 0.6 is 0 Å². The number of anilines is 1. The van der Waals surface area contributed by atoms with E-state index in [1.54, 1.807) is 54.4 Å². The molecule has 0 aromatic heterocycles. The molecule has 3 atom stereocenters. The molecule has 8 heteroatoms. The molecular weight excluding hydrogens is 425 g/mol. The minimum absolute atomic E-state index is 0.0932. The van der Waals surface area contributed by atoms with Crippen LogP contribution in [-0.4, -0.2) is 35.1 Å². The Morgan fingerprint density at radius 3 is 2.61 bits per heavy atom. The first-order valence-corrected chi connectivity index (χ1v) is 10.5. The Hall–Kier alpha value is -3.91. The van der Waals surface area contributed by atoms with Crippen LogP contribution in [0, 0.1) is 21.8 Å². The molecule has 0 aliphatic carbocycles. The van der Waals surface area contributed by atoms with Gasteiger partial charge in [-0.1, -0.05) is 42.5 Å². The van der Waals surface area contributed by atoms with Crippen molar-refractivity contribution in [2.75, 3.05) is 18.9 Å².